The summed E-state index contributed by atoms with van der Waals surface area (Å²) in [6.45, 7) is 5.12. The molecule has 3 nitrogen and oxygen atoms in total. The van der Waals surface area contributed by atoms with E-state index in [1.165, 1.54) is 0 Å². The summed E-state index contributed by atoms with van der Waals surface area (Å²) in [4.78, 5) is 0. The van der Waals surface area contributed by atoms with E-state index >= 15 is 0 Å². The first kappa shape index (κ1) is 12.7. The molecule has 0 radical (unpaired) electrons. The van der Waals surface area contributed by atoms with Crippen LogP contribution >= 0.6 is 15.9 Å². The Morgan fingerprint density at radius 1 is 1.53 bits per heavy atom. The van der Waals surface area contributed by atoms with E-state index < -0.39 is 0 Å². The smallest absolute Gasteiger partial charge is 0.169 e. The Bertz CT molecular complexity index is 301. The van der Waals surface area contributed by atoms with Crippen molar-refractivity contribution in [2.45, 2.75) is 38.8 Å². The van der Waals surface area contributed by atoms with E-state index in [-0.39, 0.29) is 12.1 Å². The fraction of sp³-hybridized carbons (Fsp3) is 0.636. The average Bonchev–Trinajstić information content (AvgIpc) is 2.62. The number of hydrogen-bond donors (Lipinski definition) is 2. The van der Waals surface area contributed by atoms with Gasteiger partial charge in [-0.05, 0) is 47.8 Å². The molecule has 15 heavy (non-hydrogen) atoms. The minimum atomic E-state index is -0.0198. The van der Waals surface area contributed by atoms with Crippen LogP contribution in [-0.2, 0) is 6.54 Å². The first-order chi connectivity index (χ1) is 7.09. The van der Waals surface area contributed by atoms with Crippen molar-refractivity contribution in [1.29, 1.82) is 0 Å². The van der Waals surface area contributed by atoms with Crippen LogP contribution in [-0.4, -0.2) is 17.3 Å². The molecule has 2 N–H and O–H groups in total. The predicted molar refractivity (Wildman–Crippen MR) is 63.6 cm³/mol. The average molecular weight is 276 g/mol. The summed E-state index contributed by atoms with van der Waals surface area (Å²) in [6.07, 6.45) is 1.74. The molecule has 0 saturated carbocycles. The highest BCUT2D eigenvalue weighted by Crippen LogP contribution is 2.17. The second-order valence-electron chi connectivity index (χ2n) is 3.95. The number of aliphatic hydroxyl groups excluding tert-OH is 1. The molecule has 0 aliphatic carbocycles. The Kier molecular flexibility index (Phi) is 4.83. The van der Waals surface area contributed by atoms with Crippen LogP contribution in [0.4, 0.5) is 0 Å². The minimum Gasteiger partial charge on any atom is -0.453 e. The highest BCUT2D eigenvalue weighted by molar-refractivity contribution is 9.10. The van der Waals surface area contributed by atoms with Crippen molar-refractivity contribution < 1.29 is 9.52 Å². The van der Waals surface area contributed by atoms with Crippen LogP contribution in [0.15, 0.2) is 21.2 Å². The Labute approximate surface area is 99.0 Å². The van der Waals surface area contributed by atoms with E-state index in [2.05, 4.69) is 35.1 Å². The lowest BCUT2D eigenvalue weighted by Gasteiger charge is -2.28. The molecule has 0 spiro atoms. The van der Waals surface area contributed by atoms with Gasteiger partial charge in [-0.15, -0.1) is 0 Å². The van der Waals surface area contributed by atoms with Gasteiger partial charge in [0.1, 0.15) is 5.76 Å². The van der Waals surface area contributed by atoms with Crippen LogP contribution in [0.25, 0.3) is 0 Å². The number of nitrogens with one attached hydrogen (secondary N) is 1. The summed E-state index contributed by atoms with van der Waals surface area (Å²) in [5.41, 5.74) is -0.0198. The van der Waals surface area contributed by atoms with Gasteiger partial charge < -0.3 is 14.8 Å². The maximum absolute atomic E-state index is 8.96. The van der Waals surface area contributed by atoms with Crippen LogP contribution in [0.3, 0.4) is 0 Å². The first-order valence-corrected chi connectivity index (χ1v) is 5.99. The Hall–Kier alpha value is -0.320. The van der Waals surface area contributed by atoms with Gasteiger partial charge >= 0.3 is 0 Å². The van der Waals surface area contributed by atoms with Crippen molar-refractivity contribution in [3.05, 3.63) is 22.6 Å². The van der Waals surface area contributed by atoms with Gasteiger partial charge in [0.05, 0.1) is 6.54 Å². The molecule has 0 aliphatic rings. The third-order valence-corrected chi connectivity index (χ3v) is 3.19. The standard InChI is InChI=1S/C11H18BrNO2/c1-3-11(2,6-7-14)13-8-9-4-5-10(12)15-9/h4-5,13-14H,3,6-8H2,1-2H3. The minimum absolute atomic E-state index is 0.0198. The van der Waals surface area contributed by atoms with Crippen molar-refractivity contribution >= 4 is 15.9 Å². The molecule has 1 rings (SSSR count). The lowest BCUT2D eigenvalue weighted by molar-refractivity contribution is 0.211. The topological polar surface area (TPSA) is 45.4 Å². The molecule has 1 aromatic rings. The Balaban J connectivity index is 2.47. The van der Waals surface area contributed by atoms with Gasteiger partial charge in [0.2, 0.25) is 0 Å². The van der Waals surface area contributed by atoms with Gasteiger partial charge in [-0.3, -0.25) is 0 Å². The number of furan rings is 1. The second kappa shape index (κ2) is 5.68. The number of hydrogen-bond acceptors (Lipinski definition) is 3. The fourth-order valence-electron chi connectivity index (χ4n) is 1.38. The molecule has 0 aromatic carbocycles. The number of rotatable bonds is 6. The van der Waals surface area contributed by atoms with Gasteiger partial charge in [0.15, 0.2) is 4.67 Å². The van der Waals surface area contributed by atoms with E-state index in [0.29, 0.717) is 6.54 Å². The number of halogens is 1. The van der Waals surface area contributed by atoms with Crippen LogP contribution < -0.4 is 5.32 Å². The second-order valence-corrected chi connectivity index (χ2v) is 4.73. The molecule has 0 fully saturated rings. The summed E-state index contributed by atoms with van der Waals surface area (Å²) in [5, 5.41) is 12.4. The summed E-state index contributed by atoms with van der Waals surface area (Å²) >= 11 is 3.27. The molecule has 86 valence electrons. The fourth-order valence-corrected chi connectivity index (χ4v) is 1.72. The largest absolute Gasteiger partial charge is 0.453 e. The SMILES string of the molecule is CCC(C)(CCO)NCc1ccc(Br)o1. The van der Waals surface area contributed by atoms with Gasteiger partial charge in [-0.25, -0.2) is 0 Å². The summed E-state index contributed by atoms with van der Waals surface area (Å²) in [6, 6.07) is 3.82. The lowest BCUT2D eigenvalue weighted by Crippen LogP contribution is -2.41. The van der Waals surface area contributed by atoms with Crippen molar-refractivity contribution in [1.82, 2.24) is 5.32 Å². The molecule has 1 atom stereocenters. The molecule has 0 saturated heterocycles. The molecule has 0 amide bonds. The van der Waals surface area contributed by atoms with Crippen molar-refractivity contribution in [3.8, 4) is 0 Å². The maximum Gasteiger partial charge on any atom is 0.169 e. The monoisotopic (exact) mass is 275 g/mol. The van der Waals surface area contributed by atoms with E-state index in [4.69, 9.17) is 9.52 Å². The Morgan fingerprint density at radius 3 is 2.73 bits per heavy atom. The van der Waals surface area contributed by atoms with Crippen molar-refractivity contribution in [2.75, 3.05) is 6.61 Å². The summed E-state index contributed by atoms with van der Waals surface area (Å²) in [7, 11) is 0. The van der Waals surface area contributed by atoms with Crippen molar-refractivity contribution in [3.63, 3.8) is 0 Å². The highest BCUT2D eigenvalue weighted by atomic mass is 79.9. The molecule has 1 heterocycles. The molecule has 0 bridgehead atoms. The van der Waals surface area contributed by atoms with Gasteiger partial charge in [-0.1, -0.05) is 6.92 Å². The highest BCUT2D eigenvalue weighted by Gasteiger charge is 2.20. The predicted octanol–water partition coefficient (Wildman–Crippen LogP) is 2.68. The first-order valence-electron chi connectivity index (χ1n) is 5.20. The van der Waals surface area contributed by atoms with E-state index in [1.54, 1.807) is 0 Å². The Morgan fingerprint density at radius 2 is 2.27 bits per heavy atom. The summed E-state index contributed by atoms with van der Waals surface area (Å²) in [5.74, 6) is 0.902. The van der Waals surface area contributed by atoms with Crippen LogP contribution in [0, 0.1) is 0 Å². The zero-order valence-electron chi connectivity index (χ0n) is 9.22. The number of aliphatic hydroxyl groups is 1. The normalized spacial score (nSPS) is 15.2. The third kappa shape index (κ3) is 3.97. The molecule has 1 aromatic heterocycles. The maximum atomic E-state index is 8.96. The van der Waals surface area contributed by atoms with E-state index in [9.17, 15) is 0 Å². The zero-order valence-corrected chi connectivity index (χ0v) is 10.8. The van der Waals surface area contributed by atoms with E-state index in [1.807, 2.05) is 12.1 Å². The van der Waals surface area contributed by atoms with Crippen LogP contribution in [0.1, 0.15) is 32.4 Å². The third-order valence-electron chi connectivity index (χ3n) is 2.76. The van der Waals surface area contributed by atoms with Crippen molar-refractivity contribution in [2.24, 2.45) is 0 Å². The quantitative estimate of drug-likeness (QED) is 0.839. The molecular formula is C11H18BrNO2. The van der Waals surface area contributed by atoms with Gasteiger partial charge in [0.25, 0.3) is 0 Å². The molecular weight excluding hydrogens is 258 g/mol. The molecule has 0 aliphatic heterocycles. The molecule has 1 unspecified atom stereocenters. The van der Waals surface area contributed by atoms with Gasteiger partial charge in [0, 0.05) is 12.1 Å². The lowest BCUT2D eigenvalue weighted by atomic mass is 9.95. The van der Waals surface area contributed by atoms with Crippen LogP contribution in [0.5, 0.6) is 0 Å². The van der Waals surface area contributed by atoms with Gasteiger partial charge in [-0.2, -0.15) is 0 Å². The van der Waals surface area contributed by atoms with E-state index in [0.717, 1.165) is 23.3 Å². The van der Waals surface area contributed by atoms with Crippen LogP contribution in [0.2, 0.25) is 0 Å². The molecule has 4 heteroatoms. The zero-order chi connectivity index (χ0) is 11.3. The summed E-state index contributed by atoms with van der Waals surface area (Å²) < 4.78 is 6.14.